The molecule has 0 saturated heterocycles. The van der Waals surface area contributed by atoms with E-state index in [1.54, 1.807) is 0 Å². The predicted molar refractivity (Wildman–Crippen MR) is 120 cm³/mol. The van der Waals surface area contributed by atoms with Gasteiger partial charge in [0.2, 0.25) is 0 Å². The zero-order valence-corrected chi connectivity index (χ0v) is 19.9. The molecule has 1 heteroatoms. The van der Waals surface area contributed by atoms with Gasteiger partial charge >= 0.3 is 0 Å². The number of carbonyl (C=O) groups excluding carboxylic acids is 1. The molecule has 10 atom stereocenters. The van der Waals surface area contributed by atoms with Crippen LogP contribution in [0.2, 0.25) is 0 Å². The maximum Gasteiger partial charge on any atom is 0.136 e. The van der Waals surface area contributed by atoms with Crippen LogP contribution >= 0.6 is 0 Å². The summed E-state index contributed by atoms with van der Waals surface area (Å²) in [5.41, 5.74) is 1.11. The van der Waals surface area contributed by atoms with E-state index in [9.17, 15) is 4.79 Å². The number of hydrogen-bond acceptors (Lipinski definition) is 1. The Bertz CT molecular complexity index is 651. The van der Waals surface area contributed by atoms with Crippen LogP contribution in [0.4, 0.5) is 0 Å². The summed E-state index contributed by atoms with van der Waals surface area (Å²) in [6.07, 6.45) is 15.2. The third-order valence-corrected chi connectivity index (χ3v) is 11.6. The maximum absolute atomic E-state index is 12.5. The summed E-state index contributed by atoms with van der Waals surface area (Å²) in [4.78, 5) is 12.5. The van der Waals surface area contributed by atoms with E-state index in [1.807, 2.05) is 0 Å². The molecule has 5 rings (SSSR count). The average Bonchev–Trinajstić information content (AvgIpc) is 3.40. The monoisotopic (exact) mass is 398 g/mol. The van der Waals surface area contributed by atoms with E-state index in [2.05, 4.69) is 34.6 Å². The van der Waals surface area contributed by atoms with Crippen molar-refractivity contribution in [2.24, 2.45) is 64.1 Å². The zero-order chi connectivity index (χ0) is 20.6. The fourth-order valence-corrected chi connectivity index (χ4v) is 10.0. The highest BCUT2D eigenvalue weighted by Crippen LogP contribution is 2.73. The largest absolute Gasteiger partial charge is 0.299 e. The van der Waals surface area contributed by atoms with E-state index >= 15 is 0 Å². The lowest BCUT2D eigenvalue weighted by Crippen LogP contribution is -2.55. The molecule has 5 fully saturated rings. The van der Waals surface area contributed by atoms with Crippen molar-refractivity contribution in [3.8, 4) is 0 Å². The Balaban J connectivity index is 1.32. The molecule has 0 heterocycles. The molecule has 0 aliphatic heterocycles. The molecule has 5 aliphatic rings. The molecule has 0 aromatic rings. The Morgan fingerprint density at radius 2 is 1.72 bits per heavy atom. The predicted octanol–water partition coefficient (Wildman–Crippen LogP) is 7.53. The van der Waals surface area contributed by atoms with Gasteiger partial charge < -0.3 is 0 Å². The second-order valence-corrected chi connectivity index (χ2v) is 13.2. The van der Waals surface area contributed by atoms with Gasteiger partial charge in [-0.1, -0.05) is 53.9 Å². The van der Waals surface area contributed by atoms with Crippen molar-refractivity contribution >= 4 is 5.78 Å². The van der Waals surface area contributed by atoms with Crippen molar-refractivity contribution in [2.75, 3.05) is 0 Å². The van der Waals surface area contributed by atoms with Gasteiger partial charge in [0.05, 0.1) is 0 Å². The molecule has 0 spiro atoms. The summed E-state index contributed by atoms with van der Waals surface area (Å²) in [7, 11) is 0. The highest BCUT2D eigenvalue weighted by Gasteiger charge is 2.68. The van der Waals surface area contributed by atoms with E-state index in [4.69, 9.17) is 0 Å². The van der Waals surface area contributed by atoms with Crippen LogP contribution in [0.3, 0.4) is 0 Å². The first kappa shape index (κ1) is 20.6. The first-order valence-corrected chi connectivity index (χ1v) is 13.3. The normalized spacial score (nSPS) is 51.8. The van der Waals surface area contributed by atoms with Crippen LogP contribution in [0.5, 0.6) is 0 Å². The van der Waals surface area contributed by atoms with E-state index < -0.39 is 0 Å². The third-order valence-electron chi connectivity index (χ3n) is 11.6. The first-order valence-electron chi connectivity index (χ1n) is 13.3. The Morgan fingerprint density at radius 3 is 2.48 bits per heavy atom. The molecule has 0 radical (unpaired) electrons. The summed E-state index contributed by atoms with van der Waals surface area (Å²) in [6, 6.07) is 0. The van der Waals surface area contributed by atoms with Crippen molar-refractivity contribution < 1.29 is 4.79 Å². The molecule has 0 N–H and O–H groups in total. The summed E-state index contributed by atoms with van der Waals surface area (Å²) in [5, 5.41) is 0. The second-order valence-electron chi connectivity index (χ2n) is 13.2. The van der Waals surface area contributed by atoms with E-state index in [0.29, 0.717) is 22.5 Å². The lowest BCUT2D eigenvalue weighted by molar-refractivity contribution is -0.143. The Hall–Kier alpha value is -0.330. The highest BCUT2D eigenvalue weighted by molar-refractivity contribution is 5.85. The zero-order valence-electron chi connectivity index (χ0n) is 19.9. The summed E-state index contributed by atoms with van der Waals surface area (Å²) >= 11 is 0. The fraction of sp³-hybridized carbons (Fsp3) is 0.964. The van der Waals surface area contributed by atoms with Gasteiger partial charge in [-0.3, -0.25) is 4.79 Å². The van der Waals surface area contributed by atoms with Crippen molar-refractivity contribution in [2.45, 2.75) is 105 Å². The van der Waals surface area contributed by atoms with E-state index in [0.717, 1.165) is 53.8 Å². The smallest absolute Gasteiger partial charge is 0.136 e. The summed E-state index contributed by atoms with van der Waals surface area (Å²) in [6.45, 7) is 12.7. The highest BCUT2D eigenvalue weighted by atomic mass is 16.1. The number of rotatable bonds is 5. The minimum absolute atomic E-state index is 0.473. The van der Waals surface area contributed by atoms with Crippen LogP contribution in [-0.4, -0.2) is 5.78 Å². The average molecular weight is 399 g/mol. The standard InChI is InChI=1S/C28H46O/c1-17(2)7-6-8-18(3)22-11-12-23-20-10-9-19-15-26(29)21-16-25(21)28(19,5)24(20)13-14-27(22,23)4/h17-25H,6-16H2,1-5H3/t18-,19+,20+,21-,22-,23+,24+,25+,27-,28+/m1/s1. The summed E-state index contributed by atoms with van der Waals surface area (Å²) < 4.78 is 0. The first-order chi connectivity index (χ1) is 13.8. The van der Waals surface area contributed by atoms with Crippen molar-refractivity contribution in [3.63, 3.8) is 0 Å². The maximum atomic E-state index is 12.5. The van der Waals surface area contributed by atoms with Gasteiger partial charge in [-0.05, 0) is 103 Å². The summed E-state index contributed by atoms with van der Waals surface area (Å²) in [5.74, 6) is 8.19. The van der Waals surface area contributed by atoms with Gasteiger partial charge in [0.1, 0.15) is 5.78 Å². The quantitative estimate of drug-likeness (QED) is 0.467. The van der Waals surface area contributed by atoms with E-state index in [-0.39, 0.29) is 0 Å². The molecule has 164 valence electrons. The van der Waals surface area contributed by atoms with Crippen LogP contribution < -0.4 is 0 Å². The van der Waals surface area contributed by atoms with Gasteiger partial charge in [-0.2, -0.15) is 0 Å². The molecule has 0 aromatic carbocycles. The van der Waals surface area contributed by atoms with Crippen molar-refractivity contribution in [1.82, 2.24) is 0 Å². The number of carbonyl (C=O) groups is 1. The molecule has 1 nitrogen and oxygen atoms in total. The van der Waals surface area contributed by atoms with Crippen LogP contribution in [0.15, 0.2) is 0 Å². The third kappa shape index (κ3) is 3.02. The molecular formula is C28H46O. The Labute approximate surface area is 180 Å². The molecule has 5 aliphatic carbocycles. The fourth-order valence-electron chi connectivity index (χ4n) is 10.0. The van der Waals surface area contributed by atoms with Crippen molar-refractivity contribution in [1.29, 1.82) is 0 Å². The van der Waals surface area contributed by atoms with Gasteiger partial charge in [-0.25, -0.2) is 0 Å². The molecule has 0 amide bonds. The molecule has 0 unspecified atom stereocenters. The van der Waals surface area contributed by atoms with Crippen molar-refractivity contribution in [3.05, 3.63) is 0 Å². The van der Waals surface area contributed by atoms with E-state index in [1.165, 1.54) is 64.2 Å². The van der Waals surface area contributed by atoms with Crippen LogP contribution in [0, 0.1) is 64.1 Å². The van der Waals surface area contributed by atoms with Crippen LogP contribution in [0.25, 0.3) is 0 Å². The van der Waals surface area contributed by atoms with Gasteiger partial charge in [0, 0.05) is 12.3 Å². The second kappa shape index (κ2) is 7.09. The minimum atomic E-state index is 0.473. The Kier molecular flexibility index (Phi) is 5.03. The minimum Gasteiger partial charge on any atom is -0.299 e. The number of fused-ring (bicyclic) bond motifs is 7. The SMILES string of the molecule is CC(C)CCC[C@@H](C)[C@H]1CC[C@H]2[C@@H]3CC[C@H]4CC(=O)[C@@H]5C[C@@H]5[C@]4(C)[C@H]3CC[C@]12C. The number of ketones is 1. The number of hydrogen-bond donors (Lipinski definition) is 0. The van der Waals surface area contributed by atoms with Gasteiger partial charge in [0.25, 0.3) is 0 Å². The molecule has 5 saturated carbocycles. The molecular weight excluding hydrogens is 352 g/mol. The van der Waals surface area contributed by atoms with Crippen LogP contribution in [-0.2, 0) is 4.79 Å². The lowest BCUT2D eigenvalue weighted by Gasteiger charge is -2.60. The molecule has 29 heavy (non-hydrogen) atoms. The topological polar surface area (TPSA) is 17.1 Å². The van der Waals surface area contributed by atoms with Gasteiger partial charge in [0.15, 0.2) is 0 Å². The Morgan fingerprint density at radius 1 is 0.931 bits per heavy atom. The number of Topliss-reactive ketones (excluding diaryl/α,β-unsaturated/α-hetero) is 1. The lowest BCUT2D eigenvalue weighted by atomic mass is 9.44. The van der Waals surface area contributed by atoms with Crippen LogP contribution in [0.1, 0.15) is 105 Å². The molecule has 0 bridgehead atoms. The molecule has 0 aromatic heterocycles. The van der Waals surface area contributed by atoms with Gasteiger partial charge in [-0.15, -0.1) is 0 Å².